The number of aliphatic hydroxyl groups excluding tert-OH is 1. The zero-order valence-corrected chi connectivity index (χ0v) is 20.7. The number of pyridine rings is 1. The molecule has 35 heavy (non-hydrogen) atoms. The summed E-state index contributed by atoms with van der Waals surface area (Å²) in [7, 11) is 0. The van der Waals surface area contributed by atoms with E-state index in [9.17, 15) is 14.7 Å². The molecule has 0 spiro atoms. The molecule has 0 bridgehead atoms. The molecule has 6 nitrogen and oxygen atoms in total. The van der Waals surface area contributed by atoms with E-state index in [0.717, 1.165) is 35.5 Å². The predicted molar refractivity (Wildman–Crippen MR) is 138 cm³/mol. The summed E-state index contributed by atoms with van der Waals surface area (Å²) in [6.07, 6.45) is 1.66. The van der Waals surface area contributed by atoms with Crippen LogP contribution in [-0.4, -0.2) is 39.8 Å². The van der Waals surface area contributed by atoms with E-state index in [2.05, 4.69) is 23.7 Å². The topological polar surface area (TPSA) is 73.7 Å². The highest BCUT2D eigenvalue weighted by atomic mass is 16.3. The number of carbonyl (C=O) groups is 2. The van der Waals surface area contributed by atoms with Crippen LogP contribution in [0.1, 0.15) is 47.8 Å². The maximum Gasteiger partial charge on any atom is 0.296 e. The number of carbonyl (C=O) groups excluding carboxylic acids is 2. The number of nitrogens with zero attached hydrogens (tertiary/aromatic N) is 3. The van der Waals surface area contributed by atoms with Gasteiger partial charge in [0.1, 0.15) is 5.76 Å². The first-order valence-electron chi connectivity index (χ1n) is 12.0. The normalized spacial score (nSPS) is 17.1. The molecule has 1 amide bonds. The highest BCUT2D eigenvalue weighted by Crippen LogP contribution is 2.40. The zero-order valence-electron chi connectivity index (χ0n) is 20.7. The molecule has 1 saturated heterocycles. The van der Waals surface area contributed by atoms with Gasteiger partial charge < -0.3 is 14.9 Å². The summed E-state index contributed by atoms with van der Waals surface area (Å²) in [6.45, 7) is 10.1. The van der Waals surface area contributed by atoms with Crippen LogP contribution >= 0.6 is 0 Å². The Hall–Kier alpha value is -3.93. The van der Waals surface area contributed by atoms with E-state index in [-0.39, 0.29) is 17.9 Å². The summed E-state index contributed by atoms with van der Waals surface area (Å²) < 4.78 is 0. The SMILES string of the molecule is CCN(CC)c1ccc(C2/C(=C(/O)c3ccc(C)c(C)c3)C(=O)C(=O)N2Cc2ccccn2)cc1. The Morgan fingerprint density at radius 1 is 0.971 bits per heavy atom. The number of amides is 1. The van der Waals surface area contributed by atoms with Crippen LogP contribution in [0, 0.1) is 13.8 Å². The maximum atomic E-state index is 13.3. The smallest absolute Gasteiger partial charge is 0.296 e. The van der Waals surface area contributed by atoms with E-state index >= 15 is 0 Å². The van der Waals surface area contributed by atoms with Crippen molar-refractivity contribution >= 4 is 23.1 Å². The van der Waals surface area contributed by atoms with Crippen molar-refractivity contribution in [3.8, 4) is 0 Å². The molecule has 180 valence electrons. The highest BCUT2D eigenvalue weighted by molar-refractivity contribution is 6.46. The Morgan fingerprint density at radius 3 is 2.29 bits per heavy atom. The van der Waals surface area contributed by atoms with Crippen LogP contribution < -0.4 is 4.90 Å². The van der Waals surface area contributed by atoms with E-state index < -0.39 is 17.7 Å². The molecule has 1 atom stereocenters. The monoisotopic (exact) mass is 469 g/mol. The molecule has 1 aromatic heterocycles. The van der Waals surface area contributed by atoms with Gasteiger partial charge in [0.15, 0.2) is 0 Å². The first-order valence-corrected chi connectivity index (χ1v) is 12.0. The third kappa shape index (κ3) is 4.69. The quantitative estimate of drug-likeness (QED) is 0.294. The summed E-state index contributed by atoms with van der Waals surface area (Å²) in [5.74, 6) is -1.49. The zero-order chi connectivity index (χ0) is 25.1. The summed E-state index contributed by atoms with van der Waals surface area (Å²) in [6, 6.07) is 18.2. The molecule has 1 N–H and O–H groups in total. The number of hydrogen-bond donors (Lipinski definition) is 1. The van der Waals surface area contributed by atoms with Crippen LogP contribution in [0.2, 0.25) is 0 Å². The highest BCUT2D eigenvalue weighted by Gasteiger charge is 2.46. The Kier molecular flexibility index (Phi) is 7.01. The molecule has 0 saturated carbocycles. The minimum absolute atomic E-state index is 0.102. The predicted octanol–water partition coefficient (Wildman–Crippen LogP) is 5.17. The number of hydrogen-bond acceptors (Lipinski definition) is 5. The largest absolute Gasteiger partial charge is 0.507 e. The summed E-state index contributed by atoms with van der Waals surface area (Å²) in [5, 5.41) is 11.3. The van der Waals surface area contributed by atoms with Crippen molar-refractivity contribution in [1.82, 2.24) is 9.88 Å². The van der Waals surface area contributed by atoms with Crippen molar-refractivity contribution in [1.29, 1.82) is 0 Å². The van der Waals surface area contributed by atoms with Crippen molar-refractivity contribution < 1.29 is 14.7 Å². The molecule has 2 aromatic carbocycles. The van der Waals surface area contributed by atoms with Gasteiger partial charge >= 0.3 is 0 Å². The van der Waals surface area contributed by atoms with Gasteiger partial charge in [-0.15, -0.1) is 0 Å². The standard InChI is InChI=1S/C29H31N3O3/c1-5-31(6-2)24-14-12-21(13-15-24)26-25(27(33)22-11-10-19(3)20(4)17-22)28(34)29(35)32(26)18-23-9-7-8-16-30-23/h7-17,26,33H,5-6,18H2,1-4H3/b27-25-. The number of benzene rings is 2. The van der Waals surface area contributed by atoms with Crippen molar-refractivity contribution in [2.45, 2.75) is 40.3 Å². The summed E-state index contributed by atoms with van der Waals surface area (Å²) >= 11 is 0. The third-order valence-electron chi connectivity index (χ3n) is 6.72. The summed E-state index contributed by atoms with van der Waals surface area (Å²) in [4.78, 5) is 34.6. The molecule has 2 heterocycles. The fourth-order valence-corrected chi connectivity index (χ4v) is 4.56. The molecule has 1 unspecified atom stereocenters. The Bertz CT molecular complexity index is 1260. The number of aliphatic hydroxyl groups is 1. The Balaban J connectivity index is 1.84. The van der Waals surface area contributed by atoms with E-state index in [1.807, 2.05) is 62.4 Å². The van der Waals surface area contributed by atoms with Crippen LogP contribution in [0.15, 0.2) is 72.4 Å². The fourth-order valence-electron chi connectivity index (χ4n) is 4.56. The van der Waals surface area contributed by atoms with Crippen molar-refractivity contribution in [3.63, 3.8) is 0 Å². The van der Waals surface area contributed by atoms with Gasteiger partial charge in [0, 0.05) is 30.5 Å². The molecule has 0 aliphatic carbocycles. The number of rotatable bonds is 7. The lowest BCUT2D eigenvalue weighted by Gasteiger charge is -2.26. The molecule has 6 heteroatoms. The second-order valence-corrected chi connectivity index (χ2v) is 8.81. The van der Waals surface area contributed by atoms with Crippen LogP contribution in [0.4, 0.5) is 5.69 Å². The van der Waals surface area contributed by atoms with Gasteiger partial charge in [0.25, 0.3) is 11.7 Å². The maximum absolute atomic E-state index is 13.3. The molecule has 3 aromatic rings. The van der Waals surface area contributed by atoms with Gasteiger partial charge in [-0.1, -0.05) is 30.3 Å². The third-order valence-corrected chi connectivity index (χ3v) is 6.72. The average Bonchev–Trinajstić information content (AvgIpc) is 3.12. The summed E-state index contributed by atoms with van der Waals surface area (Å²) in [5.41, 5.74) is 5.21. The Labute approximate surface area is 206 Å². The molecule has 1 fully saturated rings. The van der Waals surface area contributed by atoms with Crippen LogP contribution in [0.25, 0.3) is 5.76 Å². The molecule has 0 radical (unpaired) electrons. The van der Waals surface area contributed by atoms with E-state index in [1.165, 1.54) is 4.90 Å². The second-order valence-electron chi connectivity index (χ2n) is 8.81. The lowest BCUT2D eigenvalue weighted by atomic mass is 9.94. The van der Waals surface area contributed by atoms with Crippen LogP contribution in [0.5, 0.6) is 0 Å². The van der Waals surface area contributed by atoms with Crippen molar-refractivity contribution in [2.24, 2.45) is 0 Å². The number of aryl methyl sites for hydroxylation is 2. The minimum Gasteiger partial charge on any atom is -0.507 e. The number of ketones is 1. The number of Topliss-reactive ketones (excluding diaryl/α,β-unsaturated/α-hetero) is 1. The fraction of sp³-hybridized carbons (Fsp3) is 0.276. The number of aromatic nitrogens is 1. The molecular weight excluding hydrogens is 438 g/mol. The number of anilines is 1. The molecule has 4 rings (SSSR count). The van der Waals surface area contributed by atoms with Crippen molar-refractivity contribution in [2.75, 3.05) is 18.0 Å². The van der Waals surface area contributed by atoms with Gasteiger partial charge in [0.2, 0.25) is 0 Å². The molecular formula is C29H31N3O3. The van der Waals surface area contributed by atoms with E-state index in [1.54, 1.807) is 18.3 Å². The van der Waals surface area contributed by atoms with Crippen LogP contribution in [-0.2, 0) is 16.1 Å². The second kappa shape index (κ2) is 10.1. The molecule has 1 aliphatic rings. The number of likely N-dealkylation sites (tertiary alicyclic amines) is 1. The average molecular weight is 470 g/mol. The lowest BCUT2D eigenvalue weighted by Crippen LogP contribution is -2.29. The first-order chi connectivity index (χ1) is 16.8. The first kappa shape index (κ1) is 24.2. The van der Waals surface area contributed by atoms with Gasteiger partial charge in [-0.2, -0.15) is 0 Å². The van der Waals surface area contributed by atoms with Crippen LogP contribution in [0.3, 0.4) is 0 Å². The Morgan fingerprint density at radius 2 is 1.69 bits per heavy atom. The van der Waals surface area contributed by atoms with Gasteiger partial charge in [-0.25, -0.2) is 0 Å². The van der Waals surface area contributed by atoms with E-state index in [4.69, 9.17) is 0 Å². The van der Waals surface area contributed by atoms with E-state index in [0.29, 0.717) is 11.3 Å². The van der Waals surface area contributed by atoms with Crippen molar-refractivity contribution in [3.05, 3.63) is 100 Å². The minimum atomic E-state index is -0.718. The lowest BCUT2D eigenvalue weighted by molar-refractivity contribution is -0.140. The molecule has 1 aliphatic heterocycles. The van der Waals surface area contributed by atoms with Gasteiger partial charge in [0.05, 0.1) is 23.9 Å². The van der Waals surface area contributed by atoms with Gasteiger partial charge in [-0.3, -0.25) is 14.6 Å². The van der Waals surface area contributed by atoms with Gasteiger partial charge in [-0.05, 0) is 74.7 Å².